The minimum Gasteiger partial charge on any atom is -0.372 e. The van der Waals surface area contributed by atoms with Crippen LogP contribution in [-0.4, -0.2) is 31.8 Å². The van der Waals surface area contributed by atoms with Crippen LogP contribution in [-0.2, 0) is 9.53 Å². The molecule has 0 radical (unpaired) electrons. The molecule has 1 amide bonds. The number of nitrogens with one attached hydrogen (secondary N) is 1. The summed E-state index contributed by atoms with van der Waals surface area (Å²) in [6.07, 6.45) is -3.89. The van der Waals surface area contributed by atoms with E-state index in [1.165, 1.54) is 0 Å². The van der Waals surface area contributed by atoms with Crippen LogP contribution in [0.2, 0.25) is 0 Å². The maximum absolute atomic E-state index is 11.6. The van der Waals surface area contributed by atoms with Crippen LogP contribution in [0.5, 0.6) is 0 Å². The van der Waals surface area contributed by atoms with Crippen molar-refractivity contribution in [3.05, 3.63) is 0 Å². The lowest BCUT2D eigenvalue weighted by Crippen LogP contribution is -2.29. The molecular formula is C9H16F3NO2. The summed E-state index contributed by atoms with van der Waals surface area (Å²) in [7, 11) is 0. The molecule has 0 spiro atoms. The summed E-state index contributed by atoms with van der Waals surface area (Å²) in [5.74, 6) is -0.216. The van der Waals surface area contributed by atoms with Crippen molar-refractivity contribution in [2.45, 2.75) is 26.4 Å². The topological polar surface area (TPSA) is 38.3 Å². The fourth-order valence-corrected chi connectivity index (χ4v) is 0.778. The molecule has 3 nitrogen and oxygen atoms in total. The predicted molar refractivity (Wildman–Crippen MR) is 49.3 cm³/mol. The second kappa shape index (κ2) is 6.66. The van der Waals surface area contributed by atoms with Gasteiger partial charge in [0.25, 0.3) is 0 Å². The molecule has 0 fully saturated rings. The maximum Gasteiger partial charge on any atom is 0.411 e. The first-order chi connectivity index (χ1) is 6.83. The Kier molecular flexibility index (Phi) is 6.31. The normalized spacial score (nSPS) is 11.9. The van der Waals surface area contributed by atoms with Gasteiger partial charge in [-0.15, -0.1) is 0 Å². The van der Waals surface area contributed by atoms with Gasteiger partial charge in [0.05, 0.1) is 0 Å². The number of ether oxygens (including phenoxy) is 1. The highest BCUT2D eigenvalue weighted by Gasteiger charge is 2.27. The Morgan fingerprint density at radius 2 is 2.00 bits per heavy atom. The lowest BCUT2D eigenvalue weighted by molar-refractivity contribution is -0.174. The van der Waals surface area contributed by atoms with Gasteiger partial charge in [-0.3, -0.25) is 4.79 Å². The molecule has 0 aliphatic carbocycles. The highest BCUT2D eigenvalue weighted by Crippen LogP contribution is 2.14. The van der Waals surface area contributed by atoms with Crippen LogP contribution in [0.1, 0.15) is 20.3 Å². The molecule has 0 aliphatic heterocycles. The van der Waals surface area contributed by atoms with Gasteiger partial charge in [0.15, 0.2) is 0 Å². The van der Waals surface area contributed by atoms with E-state index in [2.05, 4.69) is 10.1 Å². The zero-order chi connectivity index (χ0) is 11.9. The number of hydrogen-bond acceptors (Lipinski definition) is 2. The molecule has 0 saturated carbocycles. The van der Waals surface area contributed by atoms with E-state index in [0.717, 1.165) is 0 Å². The minimum atomic E-state index is -4.28. The summed E-state index contributed by atoms with van der Waals surface area (Å²) in [4.78, 5) is 11.0. The van der Waals surface area contributed by atoms with E-state index in [0.29, 0.717) is 13.0 Å². The Morgan fingerprint density at radius 1 is 1.40 bits per heavy atom. The van der Waals surface area contributed by atoms with Crippen molar-refractivity contribution in [3.8, 4) is 0 Å². The van der Waals surface area contributed by atoms with Gasteiger partial charge in [0.1, 0.15) is 6.61 Å². The van der Waals surface area contributed by atoms with Gasteiger partial charge in [-0.1, -0.05) is 13.8 Å². The molecule has 0 aromatic heterocycles. The molecular weight excluding hydrogens is 211 g/mol. The second-order valence-corrected chi connectivity index (χ2v) is 3.47. The average molecular weight is 227 g/mol. The molecule has 0 atom stereocenters. The Balaban J connectivity index is 3.30. The summed E-state index contributed by atoms with van der Waals surface area (Å²) < 4.78 is 39.2. The van der Waals surface area contributed by atoms with E-state index in [1.807, 2.05) is 0 Å². The summed E-state index contributed by atoms with van der Waals surface area (Å²) in [5, 5.41) is 2.58. The van der Waals surface area contributed by atoms with Gasteiger partial charge in [-0.2, -0.15) is 13.2 Å². The summed E-state index contributed by atoms with van der Waals surface area (Å²) >= 11 is 0. The lowest BCUT2D eigenvalue weighted by atomic mass is 10.2. The standard InChI is InChI=1S/C9H16F3NO2/c1-7(2)8(14)13-4-3-5-15-6-9(10,11)12/h7H,3-6H2,1-2H3,(H,13,14). The van der Waals surface area contributed by atoms with E-state index in [1.54, 1.807) is 13.8 Å². The smallest absolute Gasteiger partial charge is 0.372 e. The van der Waals surface area contributed by atoms with E-state index < -0.39 is 12.8 Å². The van der Waals surface area contributed by atoms with Crippen molar-refractivity contribution in [2.24, 2.45) is 5.92 Å². The molecule has 1 N–H and O–H groups in total. The number of carbonyl (C=O) groups is 1. The van der Waals surface area contributed by atoms with Crippen LogP contribution < -0.4 is 5.32 Å². The Morgan fingerprint density at radius 3 is 2.47 bits per heavy atom. The van der Waals surface area contributed by atoms with Crippen LogP contribution in [0.15, 0.2) is 0 Å². The molecule has 0 unspecified atom stereocenters. The molecule has 6 heteroatoms. The number of alkyl halides is 3. The first-order valence-corrected chi connectivity index (χ1v) is 4.75. The quantitative estimate of drug-likeness (QED) is 0.702. The van der Waals surface area contributed by atoms with Gasteiger partial charge in [-0.25, -0.2) is 0 Å². The first kappa shape index (κ1) is 14.2. The van der Waals surface area contributed by atoms with E-state index in [4.69, 9.17) is 0 Å². The van der Waals surface area contributed by atoms with E-state index in [9.17, 15) is 18.0 Å². The zero-order valence-corrected chi connectivity index (χ0v) is 8.86. The summed E-state index contributed by atoms with van der Waals surface area (Å²) in [6.45, 7) is 2.60. The number of amides is 1. The zero-order valence-electron chi connectivity index (χ0n) is 8.86. The van der Waals surface area contributed by atoms with E-state index >= 15 is 0 Å². The molecule has 0 bridgehead atoms. The van der Waals surface area contributed by atoms with Gasteiger partial charge in [-0.05, 0) is 6.42 Å². The molecule has 90 valence electrons. The third-order valence-electron chi connectivity index (χ3n) is 1.55. The summed E-state index contributed by atoms with van der Waals surface area (Å²) in [6, 6.07) is 0. The third kappa shape index (κ3) is 9.52. The molecule has 0 saturated heterocycles. The van der Waals surface area contributed by atoms with Gasteiger partial charge >= 0.3 is 6.18 Å². The van der Waals surface area contributed by atoms with Crippen LogP contribution in [0.25, 0.3) is 0 Å². The van der Waals surface area contributed by atoms with E-state index in [-0.39, 0.29) is 18.4 Å². The first-order valence-electron chi connectivity index (χ1n) is 4.75. The van der Waals surface area contributed by atoms with Gasteiger partial charge in [0, 0.05) is 19.1 Å². The van der Waals surface area contributed by atoms with Crippen LogP contribution in [0, 0.1) is 5.92 Å². The highest BCUT2D eigenvalue weighted by molar-refractivity contribution is 5.77. The van der Waals surface area contributed by atoms with Crippen molar-refractivity contribution >= 4 is 5.91 Å². The van der Waals surface area contributed by atoms with Gasteiger partial charge < -0.3 is 10.1 Å². The minimum absolute atomic E-state index is 0.00210. The molecule has 0 aliphatic rings. The number of carbonyl (C=O) groups excluding carboxylic acids is 1. The number of hydrogen-bond donors (Lipinski definition) is 1. The molecule has 15 heavy (non-hydrogen) atoms. The molecule has 0 heterocycles. The average Bonchev–Trinajstić information content (AvgIpc) is 2.08. The van der Waals surface area contributed by atoms with Crippen LogP contribution in [0.3, 0.4) is 0 Å². The molecule has 0 aromatic rings. The SMILES string of the molecule is CC(C)C(=O)NCCCOCC(F)(F)F. The predicted octanol–water partition coefficient (Wildman–Crippen LogP) is 1.73. The van der Waals surface area contributed by atoms with Crippen LogP contribution >= 0.6 is 0 Å². The van der Waals surface area contributed by atoms with Crippen molar-refractivity contribution in [1.29, 1.82) is 0 Å². The molecule has 0 aromatic carbocycles. The van der Waals surface area contributed by atoms with Crippen molar-refractivity contribution in [1.82, 2.24) is 5.32 Å². The molecule has 0 rings (SSSR count). The summed E-state index contributed by atoms with van der Waals surface area (Å²) in [5.41, 5.74) is 0. The monoisotopic (exact) mass is 227 g/mol. The fraction of sp³-hybridized carbons (Fsp3) is 0.889. The second-order valence-electron chi connectivity index (χ2n) is 3.47. The fourth-order valence-electron chi connectivity index (χ4n) is 0.778. The van der Waals surface area contributed by atoms with Crippen molar-refractivity contribution in [2.75, 3.05) is 19.8 Å². The number of halogens is 3. The Bertz CT molecular complexity index is 192. The Hall–Kier alpha value is -0.780. The maximum atomic E-state index is 11.6. The third-order valence-corrected chi connectivity index (χ3v) is 1.55. The van der Waals surface area contributed by atoms with Crippen molar-refractivity contribution < 1.29 is 22.7 Å². The lowest BCUT2D eigenvalue weighted by Gasteiger charge is -2.09. The number of rotatable bonds is 6. The van der Waals surface area contributed by atoms with Gasteiger partial charge in [0.2, 0.25) is 5.91 Å². The largest absolute Gasteiger partial charge is 0.411 e. The Labute approximate surface area is 87.0 Å². The highest BCUT2D eigenvalue weighted by atomic mass is 19.4. The van der Waals surface area contributed by atoms with Crippen LogP contribution in [0.4, 0.5) is 13.2 Å². The van der Waals surface area contributed by atoms with Crippen molar-refractivity contribution in [3.63, 3.8) is 0 Å².